The minimum atomic E-state index is -2.15. The van der Waals surface area contributed by atoms with Crippen LogP contribution in [0.4, 0.5) is 4.79 Å². The summed E-state index contributed by atoms with van der Waals surface area (Å²) in [6.07, 6.45) is 8.46. The molecule has 46 heavy (non-hydrogen) atoms. The minimum absolute atomic E-state index is 0.0289. The highest BCUT2D eigenvalue weighted by Gasteiger charge is 2.41. The van der Waals surface area contributed by atoms with Gasteiger partial charge in [0.1, 0.15) is 12.4 Å². The molecular formula is C39H51NO5Si. The van der Waals surface area contributed by atoms with E-state index in [9.17, 15) is 14.4 Å². The van der Waals surface area contributed by atoms with Crippen molar-refractivity contribution in [2.75, 3.05) is 13.2 Å². The van der Waals surface area contributed by atoms with E-state index < -0.39 is 14.2 Å². The molecule has 7 heteroatoms. The van der Waals surface area contributed by atoms with Crippen LogP contribution in [0.5, 0.6) is 0 Å². The molecule has 1 aliphatic heterocycles. The molecule has 4 rings (SSSR count). The van der Waals surface area contributed by atoms with Crippen LogP contribution in [0.25, 0.3) is 0 Å². The number of rotatable bonds is 20. The standard InChI is InChI=1S/C39H51NO5Si/c1-46(2,36-23-15-9-16-24-36)37(29-38(42)40-34(31-45-39(40)43)28-32-18-10-7-11-19-32)26-25-35(41)22-14-5-3-4-6-17-27-44-30-33-20-12-8-13-21-33/h7-13,15-16,18-21,23-24,34,37H,3-6,14,17,22,25-31H2,1-2H3/t34-,37+/m0/s1. The predicted octanol–water partition coefficient (Wildman–Crippen LogP) is 8.25. The molecule has 0 radical (unpaired) electrons. The number of nitrogens with zero attached hydrogens (tertiary/aromatic N) is 1. The normalized spacial score (nSPS) is 15.5. The van der Waals surface area contributed by atoms with Crippen LogP contribution in [-0.4, -0.2) is 50.0 Å². The molecule has 3 aromatic rings. The molecule has 246 valence electrons. The minimum Gasteiger partial charge on any atom is -0.447 e. The molecule has 0 N–H and O–H groups in total. The molecule has 0 aliphatic carbocycles. The summed E-state index contributed by atoms with van der Waals surface area (Å²) >= 11 is 0. The Morgan fingerprint density at radius 2 is 1.39 bits per heavy atom. The topological polar surface area (TPSA) is 72.9 Å². The van der Waals surface area contributed by atoms with Gasteiger partial charge in [0, 0.05) is 25.9 Å². The summed E-state index contributed by atoms with van der Waals surface area (Å²) < 4.78 is 11.1. The van der Waals surface area contributed by atoms with Crippen LogP contribution < -0.4 is 5.19 Å². The zero-order chi connectivity index (χ0) is 32.6. The lowest BCUT2D eigenvalue weighted by Crippen LogP contribution is -2.49. The highest BCUT2D eigenvalue weighted by atomic mass is 28.3. The Morgan fingerprint density at radius 1 is 0.804 bits per heavy atom. The molecule has 0 unspecified atom stereocenters. The lowest BCUT2D eigenvalue weighted by Gasteiger charge is -2.34. The molecule has 0 bridgehead atoms. The molecule has 1 fully saturated rings. The molecule has 0 aromatic heterocycles. The third-order valence-corrected chi connectivity index (χ3v) is 13.7. The van der Waals surface area contributed by atoms with E-state index in [-0.39, 0.29) is 36.3 Å². The Balaban J connectivity index is 1.22. The number of ether oxygens (including phenoxy) is 2. The van der Waals surface area contributed by atoms with Gasteiger partial charge in [0.05, 0.1) is 20.7 Å². The monoisotopic (exact) mass is 641 g/mol. The molecule has 6 nitrogen and oxygen atoms in total. The third kappa shape index (κ3) is 11.1. The zero-order valence-corrected chi connectivity index (χ0v) is 28.7. The summed E-state index contributed by atoms with van der Waals surface area (Å²) in [4.78, 5) is 40.8. The van der Waals surface area contributed by atoms with Crippen molar-refractivity contribution in [3.8, 4) is 0 Å². The van der Waals surface area contributed by atoms with Crippen LogP contribution in [0.15, 0.2) is 91.0 Å². The molecule has 2 amide bonds. The largest absolute Gasteiger partial charge is 0.447 e. The summed E-state index contributed by atoms with van der Waals surface area (Å²) in [7, 11) is -2.15. The van der Waals surface area contributed by atoms with Gasteiger partial charge in [-0.3, -0.25) is 9.59 Å². The maximum absolute atomic E-state index is 13.8. The number of hydrogen-bond acceptors (Lipinski definition) is 5. The van der Waals surface area contributed by atoms with Gasteiger partial charge in [-0.05, 0) is 42.4 Å². The van der Waals surface area contributed by atoms with E-state index in [1.54, 1.807) is 0 Å². The van der Waals surface area contributed by atoms with Crippen molar-refractivity contribution < 1.29 is 23.9 Å². The number of hydrogen-bond donors (Lipinski definition) is 0. The van der Waals surface area contributed by atoms with E-state index in [2.05, 4.69) is 37.4 Å². The summed E-state index contributed by atoms with van der Waals surface area (Å²) in [5.41, 5.74) is 2.30. The number of imide groups is 1. The molecular weight excluding hydrogens is 591 g/mol. The number of benzene rings is 3. The van der Waals surface area contributed by atoms with Crippen LogP contribution in [0.1, 0.15) is 75.3 Å². The summed E-state index contributed by atoms with van der Waals surface area (Å²) in [5.74, 6) is 0.0787. The Labute approximate surface area is 276 Å². The lowest BCUT2D eigenvalue weighted by atomic mass is 10.0. The maximum Gasteiger partial charge on any atom is 0.416 e. The first-order valence-corrected chi connectivity index (χ1v) is 20.1. The van der Waals surface area contributed by atoms with Gasteiger partial charge in [0.2, 0.25) is 5.91 Å². The predicted molar refractivity (Wildman–Crippen MR) is 187 cm³/mol. The van der Waals surface area contributed by atoms with Crippen LogP contribution in [0.2, 0.25) is 18.6 Å². The van der Waals surface area contributed by atoms with Gasteiger partial charge in [-0.1, -0.05) is 135 Å². The van der Waals surface area contributed by atoms with Crippen molar-refractivity contribution in [2.24, 2.45) is 0 Å². The fourth-order valence-corrected chi connectivity index (χ4v) is 9.46. The fourth-order valence-electron chi connectivity index (χ4n) is 6.39. The molecule has 0 spiro atoms. The number of carbonyl (C=O) groups is 3. The highest BCUT2D eigenvalue weighted by molar-refractivity contribution is 6.91. The molecule has 1 aliphatic rings. The van der Waals surface area contributed by atoms with Crippen molar-refractivity contribution in [3.63, 3.8) is 0 Å². The number of Topliss-reactive ketones (excluding diaryl/α,β-unsaturated/α-hetero) is 1. The Hall–Kier alpha value is -3.55. The Bertz CT molecular complexity index is 1350. The van der Waals surface area contributed by atoms with Crippen molar-refractivity contribution >= 4 is 31.0 Å². The van der Waals surface area contributed by atoms with Gasteiger partial charge >= 0.3 is 6.09 Å². The zero-order valence-electron chi connectivity index (χ0n) is 27.7. The maximum atomic E-state index is 13.8. The average Bonchev–Trinajstić information content (AvgIpc) is 3.44. The van der Waals surface area contributed by atoms with Gasteiger partial charge < -0.3 is 9.47 Å². The Morgan fingerprint density at radius 3 is 2.07 bits per heavy atom. The van der Waals surface area contributed by atoms with Crippen molar-refractivity contribution in [2.45, 2.75) is 102 Å². The summed E-state index contributed by atoms with van der Waals surface area (Å²) in [6.45, 7) is 6.22. The first-order valence-electron chi connectivity index (χ1n) is 17.1. The smallest absolute Gasteiger partial charge is 0.416 e. The number of ketones is 1. The van der Waals surface area contributed by atoms with Crippen LogP contribution in [0, 0.1) is 0 Å². The van der Waals surface area contributed by atoms with Gasteiger partial charge in [0.15, 0.2) is 0 Å². The van der Waals surface area contributed by atoms with E-state index in [0.717, 1.165) is 50.7 Å². The second-order valence-electron chi connectivity index (χ2n) is 13.2. The van der Waals surface area contributed by atoms with E-state index in [1.807, 2.05) is 66.7 Å². The van der Waals surface area contributed by atoms with Gasteiger partial charge in [-0.15, -0.1) is 0 Å². The number of amides is 2. The number of cyclic esters (lactones) is 1. The van der Waals surface area contributed by atoms with E-state index in [0.29, 0.717) is 32.3 Å². The highest BCUT2D eigenvalue weighted by Crippen LogP contribution is 2.33. The van der Waals surface area contributed by atoms with Crippen molar-refractivity contribution in [1.82, 2.24) is 4.90 Å². The van der Waals surface area contributed by atoms with E-state index >= 15 is 0 Å². The number of carbonyl (C=O) groups excluding carboxylic acids is 3. The van der Waals surface area contributed by atoms with Gasteiger partial charge in [0.25, 0.3) is 0 Å². The third-order valence-electron chi connectivity index (χ3n) is 9.38. The first kappa shape index (κ1) is 35.3. The molecule has 1 heterocycles. The van der Waals surface area contributed by atoms with E-state index in [1.165, 1.54) is 15.7 Å². The SMILES string of the molecule is C[Si](C)(c1ccccc1)[C@H](CCC(=O)CCCCCCCCOCc1ccccc1)CC(=O)N1C(=O)OC[C@@H]1Cc1ccccc1. The van der Waals surface area contributed by atoms with E-state index in [4.69, 9.17) is 9.47 Å². The summed E-state index contributed by atoms with van der Waals surface area (Å²) in [6, 6.07) is 30.2. The lowest BCUT2D eigenvalue weighted by molar-refractivity contribution is -0.129. The van der Waals surface area contributed by atoms with Gasteiger partial charge in [-0.25, -0.2) is 9.69 Å². The van der Waals surface area contributed by atoms with Crippen LogP contribution in [0.3, 0.4) is 0 Å². The van der Waals surface area contributed by atoms with Gasteiger partial charge in [-0.2, -0.15) is 0 Å². The first-order chi connectivity index (χ1) is 22.3. The van der Waals surface area contributed by atoms with Crippen molar-refractivity contribution in [3.05, 3.63) is 102 Å². The quantitative estimate of drug-likeness (QED) is 0.0918. The number of unbranched alkanes of at least 4 members (excludes halogenated alkanes) is 5. The second-order valence-corrected chi connectivity index (χ2v) is 18.0. The van der Waals surface area contributed by atoms with Crippen LogP contribution in [-0.2, 0) is 32.1 Å². The Kier molecular flexibility index (Phi) is 14.2. The summed E-state index contributed by atoms with van der Waals surface area (Å²) in [5, 5.41) is 1.26. The molecule has 0 saturated carbocycles. The molecule has 2 atom stereocenters. The van der Waals surface area contributed by atoms with Crippen LogP contribution >= 0.6 is 0 Å². The molecule has 3 aromatic carbocycles. The average molecular weight is 642 g/mol. The fraction of sp³-hybridized carbons (Fsp3) is 0.462. The molecule has 1 saturated heterocycles. The second kappa shape index (κ2) is 18.6. The van der Waals surface area contributed by atoms with Crippen molar-refractivity contribution in [1.29, 1.82) is 0 Å².